The van der Waals surface area contributed by atoms with Gasteiger partial charge >= 0.3 is 6.18 Å². The molecule has 166 valence electrons. The summed E-state index contributed by atoms with van der Waals surface area (Å²) in [6, 6.07) is 22.2. The molecule has 32 heavy (non-hydrogen) atoms. The van der Waals surface area contributed by atoms with Crippen LogP contribution in [0.15, 0.2) is 78.9 Å². The average molecular weight is 439 g/mol. The van der Waals surface area contributed by atoms with Crippen molar-refractivity contribution >= 4 is 17.3 Å². The van der Waals surface area contributed by atoms with Crippen molar-refractivity contribution in [3.63, 3.8) is 0 Å². The summed E-state index contributed by atoms with van der Waals surface area (Å²) < 4.78 is 40.0. The number of hydrogen-bond acceptors (Lipinski definition) is 3. The van der Waals surface area contributed by atoms with Crippen LogP contribution in [0.5, 0.6) is 0 Å². The number of piperazine rings is 1. The topological polar surface area (TPSA) is 35.6 Å². The van der Waals surface area contributed by atoms with Crippen LogP contribution in [0.3, 0.4) is 0 Å². The number of alkyl halides is 3. The van der Waals surface area contributed by atoms with Gasteiger partial charge in [0.2, 0.25) is 0 Å². The third-order valence-electron chi connectivity index (χ3n) is 5.57. The largest absolute Gasteiger partial charge is 0.416 e. The quantitative estimate of drug-likeness (QED) is 0.588. The zero-order valence-electron chi connectivity index (χ0n) is 17.5. The molecular formula is C25H24F3N3O. The van der Waals surface area contributed by atoms with E-state index in [1.165, 1.54) is 11.6 Å². The number of hydrogen-bond donors (Lipinski definition) is 1. The Balaban J connectivity index is 1.52. The number of nitrogens with zero attached hydrogens (tertiary/aromatic N) is 2. The van der Waals surface area contributed by atoms with E-state index in [-0.39, 0.29) is 5.69 Å². The minimum absolute atomic E-state index is 0.171. The predicted octanol–water partition coefficient (Wildman–Crippen LogP) is 5.28. The number of carbonyl (C=O) groups excluding carboxylic acids is 1. The number of rotatable bonds is 5. The Morgan fingerprint density at radius 1 is 0.844 bits per heavy atom. The molecule has 3 aromatic rings. The van der Waals surface area contributed by atoms with Crippen LogP contribution in [0.25, 0.3) is 0 Å². The molecule has 0 bridgehead atoms. The SMILES string of the molecule is O=C(Nc1cc(C(F)(F)F)ccc1N1CCN(Cc2ccccc2)CC1)c1ccccc1. The van der Waals surface area contributed by atoms with Gasteiger partial charge in [-0.25, -0.2) is 0 Å². The summed E-state index contributed by atoms with van der Waals surface area (Å²) in [6.45, 7) is 3.71. The Morgan fingerprint density at radius 3 is 2.09 bits per heavy atom. The molecule has 3 aromatic carbocycles. The van der Waals surface area contributed by atoms with Gasteiger partial charge in [-0.2, -0.15) is 13.2 Å². The zero-order chi connectivity index (χ0) is 22.6. The van der Waals surface area contributed by atoms with Gasteiger partial charge in [-0.3, -0.25) is 9.69 Å². The Hall–Kier alpha value is -3.32. The fraction of sp³-hybridized carbons (Fsp3) is 0.240. The lowest BCUT2D eigenvalue weighted by atomic mass is 10.1. The van der Waals surface area contributed by atoms with Crippen molar-refractivity contribution in [2.24, 2.45) is 0 Å². The van der Waals surface area contributed by atoms with Crippen molar-refractivity contribution in [2.45, 2.75) is 12.7 Å². The third-order valence-corrected chi connectivity index (χ3v) is 5.57. The van der Waals surface area contributed by atoms with E-state index < -0.39 is 17.6 Å². The van der Waals surface area contributed by atoms with E-state index in [9.17, 15) is 18.0 Å². The summed E-state index contributed by atoms with van der Waals surface area (Å²) in [5.41, 5.74) is 1.61. The first-order valence-electron chi connectivity index (χ1n) is 10.5. The lowest BCUT2D eigenvalue weighted by molar-refractivity contribution is -0.137. The average Bonchev–Trinajstić information content (AvgIpc) is 2.80. The van der Waals surface area contributed by atoms with Crippen LogP contribution in [-0.2, 0) is 12.7 Å². The molecular weight excluding hydrogens is 415 g/mol. The number of benzene rings is 3. The third kappa shape index (κ3) is 5.29. The van der Waals surface area contributed by atoms with E-state index in [0.717, 1.165) is 31.8 Å². The second-order valence-corrected chi connectivity index (χ2v) is 7.80. The second kappa shape index (κ2) is 9.44. The first-order chi connectivity index (χ1) is 15.4. The number of anilines is 2. The molecule has 1 fully saturated rings. The van der Waals surface area contributed by atoms with Crippen molar-refractivity contribution in [3.8, 4) is 0 Å². The highest BCUT2D eigenvalue weighted by Crippen LogP contribution is 2.36. The minimum atomic E-state index is -4.49. The van der Waals surface area contributed by atoms with Gasteiger partial charge < -0.3 is 10.2 Å². The molecule has 4 rings (SSSR count). The van der Waals surface area contributed by atoms with Gasteiger partial charge in [0.05, 0.1) is 16.9 Å². The van der Waals surface area contributed by atoms with Crippen molar-refractivity contribution in [1.29, 1.82) is 0 Å². The van der Waals surface area contributed by atoms with E-state index in [1.54, 1.807) is 30.3 Å². The van der Waals surface area contributed by atoms with Crippen LogP contribution >= 0.6 is 0 Å². The molecule has 0 saturated carbocycles. The summed E-state index contributed by atoms with van der Waals surface area (Å²) in [7, 11) is 0. The number of carbonyl (C=O) groups is 1. The maximum atomic E-state index is 13.3. The van der Waals surface area contributed by atoms with Crippen LogP contribution in [0.4, 0.5) is 24.5 Å². The van der Waals surface area contributed by atoms with Crippen LogP contribution < -0.4 is 10.2 Å². The number of halogens is 3. The fourth-order valence-electron chi connectivity index (χ4n) is 3.86. The van der Waals surface area contributed by atoms with Crippen molar-refractivity contribution in [2.75, 3.05) is 36.4 Å². The Morgan fingerprint density at radius 2 is 1.47 bits per heavy atom. The molecule has 1 aliphatic rings. The Labute approximate surface area is 185 Å². The Bertz CT molecular complexity index is 1050. The molecule has 1 aliphatic heterocycles. The van der Waals surface area contributed by atoms with E-state index in [1.807, 2.05) is 23.1 Å². The zero-order valence-corrected chi connectivity index (χ0v) is 17.5. The molecule has 0 radical (unpaired) electrons. The van der Waals surface area contributed by atoms with E-state index >= 15 is 0 Å². The van der Waals surface area contributed by atoms with Crippen molar-refractivity contribution in [3.05, 3.63) is 95.6 Å². The van der Waals surface area contributed by atoms with Crippen LogP contribution in [0.1, 0.15) is 21.5 Å². The number of nitrogens with one attached hydrogen (secondary N) is 1. The van der Waals surface area contributed by atoms with Gasteiger partial charge in [0, 0.05) is 38.3 Å². The van der Waals surface area contributed by atoms with Crippen molar-refractivity contribution in [1.82, 2.24) is 4.90 Å². The first-order valence-corrected chi connectivity index (χ1v) is 10.5. The van der Waals surface area contributed by atoms with Gasteiger partial charge in [0.15, 0.2) is 0 Å². The molecule has 7 heteroatoms. The molecule has 1 heterocycles. The molecule has 1 N–H and O–H groups in total. The predicted molar refractivity (Wildman–Crippen MR) is 120 cm³/mol. The fourth-order valence-corrected chi connectivity index (χ4v) is 3.86. The standard InChI is InChI=1S/C25H24F3N3O/c26-25(27,28)21-11-12-23(22(17-21)29-24(32)20-9-5-2-6-10-20)31-15-13-30(14-16-31)18-19-7-3-1-4-8-19/h1-12,17H,13-16,18H2,(H,29,32). The normalized spacial score (nSPS) is 14.9. The monoisotopic (exact) mass is 439 g/mol. The van der Waals surface area contributed by atoms with E-state index in [0.29, 0.717) is 24.3 Å². The highest BCUT2D eigenvalue weighted by Gasteiger charge is 2.32. The highest BCUT2D eigenvalue weighted by molar-refractivity contribution is 6.06. The van der Waals surface area contributed by atoms with Gasteiger partial charge in [0.1, 0.15) is 0 Å². The molecule has 0 aromatic heterocycles. The number of amides is 1. The molecule has 0 atom stereocenters. The molecule has 0 aliphatic carbocycles. The lowest BCUT2D eigenvalue weighted by Crippen LogP contribution is -2.46. The maximum absolute atomic E-state index is 13.3. The van der Waals surface area contributed by atoms with Gasteiger partial charge in [-0.1, -0.05) is 48.5 Å². The maximum Gasteiger partial charge on any atom is 0.416 e. The molecule has 1 amide bonds. The summed E-state index contributed by atoms with van der Waals surface area (Å²) in [6.07, 6.45) is -4.49. The van der Waals surface area contributed by atoms with Gasteiger partial charge in [-0.15, -0.1) is 0 Å². The molecule has 0 spiro atoms. The van der Waals surface area contributed by atoms with Crippen LogP contribution in [0, 0.1) is 0 Å². The van der Waals surface area contributed by atoms with Crippen LogP contribution in [0.2, 0.25) is 0 Å². The smallest absolute Gasteiger partial charge is 0.367 e. The summed E-state index contributed by atoms with van der Waals surface area (Å²) in [5, 5.41) is 2.69. The second-order valence-electron chi connectivity index (χ2n) is 7.80. The first kappa shape index (κ1) is 21.9. The van der Waals surface area contributed by atoms with Gasteiger partial charge in [-0.05, 0) is 35.9 Å². The lowest BCUT2D eigenvalue weighted by Gasteiger charge is -2.37. The molecule has 4 nitrogen and oxygen atoms in total. The highest BCUT2D eigenvalue weighted by atomic mass is 19.4. The molecule has 0 unspecified atom stereocenters. The Kier molecular flexibility index (Phi) is 6.46. The summed E-state index contributed by atoms with van der Waals surface area (Å²) in [4.78, 5) is 17.0. The van der Waals surface area contributed by atoms with Crippen molar-refractivity contribution < 1.29 is 18.0 Å². The minimum Gasteiger partial charge on any atom is -0.367 e. The summed E-state index contributed by atoms with van der Waals surface area (Å²) in [5.74, 6) is -0.436. The van der Waals surface area contributed by atoms with Crippen LogP contribution in [-0.4, -0.2) is 37.0 Å². The van der Waals surface area contributed by atoms with Gasteiger partial charge in [0.25, 0.3) is 5.91 Å². The molecule has 1 saturated heterocycles. The summed E-state index contributed by atoms with van der Waals surface area (Å²) >= 11 is 0. The van der Waals surface area contributed by atoms with E-state index in [4.69, 9.17) is 0 Å². The van der Waals surface area contributed by atoms with E-state index in [2.05, 4.69) is 22.3 Å².